The van der Waals surface area contributed by atoms with Gasteiger partial charge in [0.05, 0.1) is 0 Å². The van der Waals surface area contributed by atoms with Crippen molar-refractivity contribution in [3.05, 3.63) is 23.8 Å². The summed E-state index contributed by atoms with van der Waals surface area (Å²) in [5, 5.41) is 0. The number of rotatable bonds is 3. The van der Waals surface area contributed by atoms with Gasteiger partial charge in [-0.1, -0.05) is 23.8 Å². The van der Waals surface area contributed by atoms with Crippen LogP contribution in [0, 0.1) is 0 Å². The fraction of sp³-hybridized carbons (Fsp3) is 0.500. The Morgan fingerprint density at radius 3 is 2.67 bits per heavy atom. The molecule has 0 fully saturated rings. The van der Waals surface area contributed by atoms with Gasteiger partial charge in [0.2, 0.25) is 0 Å². The van der Waals surface area contributed by atoms with Crippen molar-refractivity contribution in [2.45, 2.75) is 13.8 Å². The molecule has 0 unspecified atom stereocenters. The Balaban J connectivity index is 3.55. The molecular weight excluding hydrogens is 128 g/mol. The third kappa shape index (κ3) is 5.71. The molecule has 0 aromatic heterocycles. The lowest BCUT2D eigenvalue weighted by molar-refractivity contribution is 1.41. The van der Waals surface area contributed by atoms with Gasteiger partial charge in [0.15, 0.2) is 0 Å². The van der Waals surface area contributed by atoms with Crippen molar-refractivity contribution in [2.75, 3.05) is 12.0 Å². The van der Waals surface area contributed by atoms with Crippen LogP contribution >= 0.6 is 11.8 Å². The number of thioether (sulfide) groups is 1. The Hall–Kier alpha value is -0.170. The van der Waals surface area contributed by atoms with Gasteiger partial charge >= 0.3 is 0 Å². The second-order valence-corrected chi connectivity index (χ2v) is 2.84. The van der Waals surface area contributed by atoms with Crippen molar-refractivity contribution in [2.24, 2.45) is 0 Å². The Bertz CT molecular complexity index is 112. The Kier molecular flexibility index (Phi) is 5.85. The van der Waals surface area contributed by atoms with Gasteiger partial charge in [-0.2, -0.15) is 11.8 Å². The SMILES string of the molecule is CC=CC=C(C)CSC. The normalized spacial score (nSPS) is 13.0. The standard InChI is InChI=1S/C8H14S/c1-4-5-6-8(2)7-9-3/h4-6H,7H2,1-3H3. The molecule has 0 atom stereocenters. The summed E-state index contributed by atoms with van der Waals surface area (Å²) in [7, 11) is 0. The van der Waals surface area contributed by atoms with Crippen molar-refractivity contribution in [3.8, 4) is 0 Å². The van der Waals surface area contributed by atoms with Crippen molar-refractivity contribution in [3.63, 3.8) is 0 Å². The number of hydrogen-bond donors (Lipinski definition) is 0. The van der Waals surface area contributed by atoms with E-state index in [1.54, 1.807) is 0 Å². The topological polar surface area (TPSA) is 0 Å². The lowest BCUT2D eigenvalue weighted by Gasteiger charge is -1.92. The second-order valence-electron chi connectivity index (χ2n) is 1.97. The maximum atomic E-state index is 2.15. The van der Waals surface area contributed by atoms with E-state index >= 15 is 0 Å². The molecule has 0 aliphatic rings. The minimum Gasteiger partial charge on any atom is -0.161 e. The molecule has 0 amide bonds. The summed E-state index contributed by atoms with van der Waals surface area (Å²) < 4.78 is 0. The van der Waals surface area contributed by atoms with Crippen molar-refractivity contribution < 1.29 is 0 Å². The molecule has 0 heterocycles. The van der Waals surface area contributed by atoms with Gasteiger partial charge in [0.25, 0.3) is 0 Å². The fourth-order valence-corrected chi connectivity index (χ4v) is 1.09. The lowest BCUT2D eigenvalue weighted by atomic mass is 10.3. The molecule has 0 aliphatic heterocycles. The minimum atomic E-state index is 1.14. The zero-order valence-corrected chi connectivity index (χ0v) is 7.16. The second kappa shape index (κ2) is 5.96. The molecular formula is C8H14S. The van der Waals surface area contributed by atoms with Crippen LogP contribution in [0.3, 0.4) is 0 Å². The van der Waals surface area contributed by atoms with E-state index in [2.05, 4.69) is 25.3 Å². The monoisotopic (exact) mass is 142 g/mol. The first-order valence-corrected chi connectivity index (χ1v) is 4.48. The first-order chi connectivity index (χ1) is 4.31. The first-order valence-electron chi connectivity index (χ1n) is 3.08. The zero-order valence-electron chi connectivity index (χ0n) is 6.35. The van der Waals surface area contributed by atoms with Crippen LogP contribution in [-0.2, 0) is 0 Å². The van der Waals surface area contributed by atoms with Crippen LogP contribution in [0.2, 0.25) is 0 Å². The van der Waals surface area contributed by atoms with E-state index < -0.39 is 0 Å². The first kappa shape index (κ1) is 8.83. The average molecular weight is 142 g/mol. The van der Waals surface area contributed by atoms with Gasteiger partial charge in [-0.15, -0.1) is 0 Å². The summed E-state index contributed by atoms with van der Waals surface area (Å²) in [4.78, 5) is 0. The number of allylic oxidation sites excluding steroid dienone is 3. The molecule has 0 saturated carbocycles. The Labute approximate surface area is 62.0 Å². The summed E-state index contributed by atoms with van der Waals surface area (Å²) in [5.74, 6) is 1.14. The average Bonchev–Trinajstić information content (AvgIpc) is 1.85. The molecule has 0 aliphatic carbocycles. The highest BCUT2D eigenvalue weighted by molar-refractivity contribution is 7.98. The molecule has 0 spiro atoms. The highest BCUT2D eigenvalue weighted by Crippen LogP contribution is 2.01. The van der Waals surface area contributed by atoms with E-state index in [1.807, 2.05) is 24.8 Å². The van der Waals surface area contributed by atoms with Crippen LogP contribution < -0.4 is 0 Å². The smallest absolute Gasteiger partial charge is 0.0140 e. The van der Waals surface area contributed by atoms with Gasteiger partial charge in [0.1, 0.15) is 0 Å². The van der Waals surface area contributed by atoms with E-state index in [4.69, 9.17) is 0 Å². The molecule has 0 bridgehead atoms. The summed E-state index contributed by atoms with van der Waals surface area (Å²) in [6.45, 7) is 4.18. The maximum absolute atomic E-state index is 2.15. The molecule has 0 rings (SSSR count). The molecule has 0 radical (unpaired) electrons. The van der Waals surface area contributed by atoms with E-state index in [0.29, 0.717) is 0 Å². The van der Waals surface area contributed by atoms with Crippen LogP contribution in [0.1, 0.15) is 13.8 Å². The van der Waals surface area contributed by atoms with E-state index in [-0.39, 0.29) is 0 Å². The highest BCUT2D eigenvalue weighted by Gasteiger charge is 1.81. The molecule has 0 aromatic carbocycles. The molecule has 0 saturated heterocycles. The van der Waals surface area contributed by atoms with Crippen LogP contribution in [0.4, 0.5) is 0 Å². The van der Waals surface area contributed by atoms with Gasteiger partial charge in [-0.25, -0.2) is 0 Å². The zero-order chi connectivity index (χ0) is 7.11. The fourth-order valence-electron chi connectivity index (χ4n) is 0.536. The molecule has 9 heavy (non-hydrogen) atoms. The van der Waals surface area contributed by atoms with Crippen molar-refractivity contribution >= 4 is 11.8 Å². The van der Waals surface area contributed by atoms with E-state index in [1.165, 1.54) is 5.57 Å². The van der Waals surface area contributed by atoms with Crippen molar-refractivity contribution in [1.29, 1.82) is 0 Å². The Morgan fingerprint density at radius 1 is 1.56 bits per heavy atom. The lowest BCUT2D eigenvalue weighted by Crippen LogP contribution is -1.76. The van der Waals surface area contributed by atoms with Crippen LogP contribution in [0.15, 0.2) is 23.8 Å². The summed E-state index contributed by atoms with van der Waals surface area (Å²) in [5.41, 5.74) is 1.43. The number of hydrogen-bond acceptors (Lipinski definition) is 1. The van der Waals surface area contributed by atoms with Crippen LogP contribution in [-0.4, -0.2) is 12.0 Å². The largest absolute Gasteiger partial charge is 0.161 e. The van der Waals surface area contributed by atoms with Crippen LogP contribution in [0.25, 0.3) is 0 Å². The van der Waals surface area contributed by atoms with Gasteiger partial charge in [0, 0.05) is 5.75 Å². The summed E-state index contributed by atoms with van der Waals surface area (Å²) >= 11 is 1.86. The third-order valence-corrected chi connectivity index (χ3v) is 1.69. The maximum Gasteiger partial charge on any atom is 0.0140 e. The predicted octanol–water partition coefficient (Wildman–Crippen LogP) is 2.87. The van der Waals surface area contributed by atoms with Gasteiger partial charge in [-0.3, -0.25) is 0 Å². The third-order valence-electron chi connectivity index (χ3n) is 0.945. The van der Waals surface area contributed by atoms with Gasteiger partial charge in [-0.05, 0) is 20.1 Å². The minimum absolute atomic E-state index is 1.14. The molecule has 52 valence electrons. The molecule has 0 aromatic rings. The van der Waals surface area contributed by atoms with Gasteiger partial charge < -0.3 is 0 Å². The molecule has 0 N–H and O–H groups in total. The van der Waals surface area contributed by atoms with Crippen molar-refractivity contribution in [1.82, 2.24) is 0 Å². The molecule has 0 nitrogen and oxygen atoms in total. The Morgan fingerprint density at radius 2 is 2.22 bits per heavy atom. The summed E-state index contributed by atoms with van der Waals surface area (Å²) in [6.07, 6.45) is 8.39. The quantitative estimate of drug-likeness (QED) is 0.546. The summed E-state index contributed by atoms with van der Waals surface area (Å²) in [6, 6.07) is 0. The highest BCUT2D eigenvalue weighted by atomic mass is 32.2. The van der Waals surface area contributed by atoms with Crippen LogP contribution in [0.5, 0.6) is 0 Å². The van der Waals surface area contributed by atoms with E-state index in [9.17, 15) is 0 Å². The predicted molar refractivity (Wildman–Crippen MR) is 47.0 cm³/mol. The van der Waals surface area contributed by atoms with E-state index in [0.717, 1.165) is 5.75 Å². The molecule has 1 heteroatoms.